The summed E-state index contributed by atoms with van der Waals surface area (Å²) in [7, 11) is -1.73. The van der Waals surface area contributed by atoms with E-state index in [0.717, 1.165) is 36.2 Å². The van der Waals surface area contributed by atoms with Crippen LogP contribution in [0.25, 0.3) is 11.3 Å². The largest absolute Gasteiger partial charge is 0.337 e. The average Bonchev–Trinajstić information content (AvgIpc) is 3.11. The number of hydrogen-bond donors (Lipinski definition) is 2. The molecule has 1 amide bonds. The third-order valence-corrected chi connectivity index (χ3v) is 9.30. The number of nitrogens with one attached hydrogen (secondary N) is 2. The number of rotatable bonds is 6. The number of hydrogen-bond acceptors (Lipinski definition) is 5. The Labute approximate surface area is 238 Å². The number of amides is 1. The molecule has 0 spiro atoms. The van der Waals surface area contributed by atoms with Crippen LogP contribution in [0, 0.1) is 19.3 Å². The number of carbonyl (C=O) groups excluding carboxylic acids is 1. The van der Waals surface area contributed by atoms with Crippen molar-refractivity contribution < 1.29 is 9.00 Å². The van der Waals surface area contributed by atoms with Crippen LogP contribution in [0.5, 0.6) is 0 Å². The summed E-state index contributed by atoms with van der Waals surface area (Å²) in [6.07, 6.45) is 4.66. The van der Waals surface area contributed by atoms with E-state index in [1.54, 1.807) is 24.3 Å². The van der Waals surface area contributed by atoms with Gasteiger partial charge in [0.25, 0.3) is 11.5 Å². The molecular weight excluding hydrogens is 522 g/mol. The second kappa shape index (κ2) is 11.7. The molecule has 1 aliphatic heterocycles. The van der Waals surface area contributed by atoms with Crippen molar-refractivity contribution in [3.05, 3.63) is 75.6 Å². The second-order valence-corrected chi connectivity index (χ2v) is 13.1. The summed E-state index contributed by atoms with van der Waals surface area (Å²) in [5.74, 6) is 0.0684. The Morgan fingerprint density at radius 1 is 1.05 bits per heavy atom. The lowest BCUT2D eigenvalue weighted by atomic mass is 9.91. The summed E-state index contributed by atoms with van der Waals surface area (Å²) in [5, 5.41) is 0. The molecule has 2 N–H and O–H groups in total. The lowest BCUT2D eigenvalue weighted by Crippen LogP contribution is -2.39. The topological polar surface area (TPSA) is 98.4 Å². The molecule has 212 valence electrons. The molecule has 2 atom stereocenters. The Hall–Kier alpha value is -3.30. The zero-order valence-electron chi connectivity index (χ0n) is 23.8. The minimum atomic E-state index is -1.73. The van der Waals surface area contributed by atoms with Gasteiger partial charge in [-0.25, -0.2) is 9.19 Å². The molecule has 3 aromatic rings. The summed E-state index contributed by atoms with van der Waals surface area (Å²) in [5.41, 5.74) is 3.96. The van der Waals surface area contributed by atoms with Crippen LogP contribution in [0.1, 0.15) is 61.0 Å². The zero-order chi connectivity index (χ0) is 28.4. The van der Waals surface area contributed by atoms with Crippen molar-refractivity contribution in [3.63, 3.8) is 0 Å². The summed E-state index contributed by atoms with van der Waals surface area (Å²) in [6, 6.07) is 14.8. The first kappa shape index (κ1) is 28.2. The van der Waals surface area contributed by atoms with Gasteiger partial charge in [-0.1, -0.05) is 38.1 Å². The summed E-state index contributed by atoms with van der Waals surface area (Å²) < 4.78 is 16.1. The van der Waals surface area contributed by atoms with Gasteiger partial charge in [0.1, 0.15) is 0 Å². The molecule has 2 aromatic carbocycles. The maximum absolute atomic E-state index is 13.5. The monoisotopic (exact) mass is 561 g/mol. The number of H-pyrrole nitrogens is 1. The Bertz CT molecular complexity index is 1460. The van der Waals surface area contributed by atoms with Crippen LogP contribution in [0.4, 0.5) is 5.95 Å². The number of nitrogens with zero attached hydrogens (tertiary/aromatic N) is 3. The highest BCUT2D eigenvalue weighted by molar-refractivity contribution is 7.86. The highest BCUT2D eigenvalue weighted by Crippen LogP contribution is 2.39. The molecule has 2 heterocycles. The molecule has 2 unspecified atom stereocenters. The second-order valence-electron chi connectivity index (χ2n) is 11.9. The lowest BCUT2D eigenvalue weighted by Gasteiger charge is -2.28. The van der Waals surface area contributed by atoms with Gasteiger partial charge in [0.2, 0.25) is 5.95 Å². The van der Waals surface area contributed by atoms with Gasteiger partial charge in [0, 0.05) is 49.4 Å². The van der Waals surface area contributed by atoms with Crippen LogP contribution in [-0.2, 0) is 11.0 Å². The quantitative estimate of drug-likeness (QED) is 0.446. The number of carbonyl (C=O) groups is 1. The molecule has 1 saturated heterocycles. The van der Waals surface area contributed by atoms with E-state index < -0.39 is 11.0 Å². The molecule has 8 nitrogen and oxygen atoms in total. The van der Waals surface area contributed by atoms with Gasteiger partial charge in [0.15, 0.2) is 11.0 Å². The molecule has 40 heavy (non-hydrogen) atoms. The summed E-state index contributed by atoms with van der Waals surface area (Å²) in [4.78, 5) is 38.0. The molecule has 5 rings (SSSR count). The molecule has 0 bridgehead atoms. The van der Waals surface area contributed by atoms with Gasteiger partial charge < -0.3 is 4.90 Å². The first-order valence-corrected chi connectivity index (χ1v) is 15.2. The average molecular weight is 562 g/mol. The fourth-order valence-electron chi connectivity index (χ4n) is 6.14. The molecular formula is C31H39N5O3S. The Morgan fingerprint density at radius 3 is 2.52 bits per heavy atom. The Kier molecular flexibility index (Phi) is 8.24. The standard InChI is InChI=1S/C31H39N5O3S/c1-21-8-5-9-22(2)28(21)26-19-27(37)33-30(32-26)34-40(39)25-11-6-10-23(18-25)29(38)36-15-7-14-35(16-17-36)24-12-13-31(3,4)20-24/h5-6,8-11,18-19,24H,7,12-17,20H2,1-4H3,(H2,32,33,34,37). The van der Waals surface area contributed by atoms with Gasteiger partial charge >= 0.3 is 0 Å². The van der Waals surface area contributed by atoms with E-state index in [9.17, 15) is 13.8 Å². The molecule has 0 radical (unpaired) electrons. The molecule has 1 saturated carbocycles. The van der Waals surface area contributed by atoms with Crippen LogP contribution in [0.3, 0.4) is 0 Å². The van der Waals surface area contributed by atoms with E-state index >= 15 is 0 Å². The SMILES string of the molecule is Cc1cccc(C)c1-c1cc(=O)[nH]c(NS(=O)c2cccc(C(=O)N3CCCN(C4CCC(C)(C)C4)CC3)c2)n1. The maximum atomic E-state index is 13.5. The Balaban J connectivity index is 1.28. The van der Waals surface area contributed by atoms with Gasteiger partial charge in [-0.15, -0.1) is 0 Å². The minimum absolute atomic E-state index is 0.0454. The van der Waals surface area contributed by atoms with E-state index in [0.29, 0.717) is 40.7 Å². The predicted octanol–water partition coefficient (Wildman–Crippen LogP) is 4.92. The normalized spacial score (nSPS) is 20.2. The summed E-state index contributed by atoms with van der Waals surface area (Å²) in [6.45, 7) is 11.9. The molecule has 9 heteroatoms. The lowest BCUT2D eigenvalue weighted by molar-refractivity contribution is 0.0757. The van der Waals surface area contributed by atoms with Crippen LogP contribution in [0.2, 0.25) is 0 Å². The molecule has 2 aliphatic rings. The van der Waals surface area contributed by atoms with Gasteiger partial charge in [-0.05, 0) is 74.3 Å². The van der Waals surface area contributed by atoms with E-state index in [1.807, 2.05) is 36.9 Å². The van der Waals surface area contributed by atoms with Gasteiger partial charge in [-0.2, -0.15) is 0 Å². The highest BCUT2D eigenvalue weighted by Gasteiger charge is 2.35. The predicted molar refractivity (Wildman–Crippen MR) is 160 cm³/mol. The van der Waals surface area contributed by atoms with Crippen molar-refractivity contribution in [2.24, 2.45) is 5.41 Å². The number of anilines is 1. The first-order valence-electron chi connectivity index (χ1n) is 14.1. The van der Waals surface area contributed by atoms with Crippen LogP contribution >= 0.6 is 0 Å². The fourth-order valence-corrected chi connectivity index (χ4v) is 6.97. The fraction of sp³-hybridized carbons (Fsp3) is 0.452. The van der Waals surface area contributed by atoms with Crippen molar-refractivity contribution in [1.82, 2.24) is 19.8 Å². The smallest absolute Gasteiger partial charge is 0.253 e. The third-order valence-electron chi connectivity index (χ3n) is 8.24. The highest BCUT2D eigenvalue weighted by atomic mass is 32.2. The van der Waals surface area contributed by atoms with E-state index in [-0.39, 0.29) is 17.4 Å². The Morgan fingerprint density at radius 2 is 1.80 bits per heavy atom. The van der Waals surface area contributed by atoms with Crippen molar-refractivity contribution >= 4 is 22.8 Å². The number of benzene rings is 2. The van der Waals surface area contributed by atoms with E-state index in [2.05, 4.69) is 33.4 Å². The van der Waals surface area contributed by atoms with Crippen LogP contribution in [-0.4, -0.2) is 62.1 Å². The third kappa shape index (κ3) is 6.36. The number of aryl methyl sites for hydroxylation is 2. The summed E-state index contributed by atoms with van der Waals surface area (Å²) >= 11 is 0. The molecule has 2 fully saturated rings. The molecule has 1 aliphatic carbocycles. The van der Waals surface area contributed by atoms with Crippen molar-refractivity contribution in [2.75, 3.05) is 30.9 Å². The van der Waals surface area contributed by atoms with E-state index in [1.165, 1.54) is 25.3 Å². The van der Waals surface area contributed by atoms with Gasteiger partial charge in [0.05, 0.1) is 10.6 Å². The van der Waals surface area contributed by atoms with Crippen molar-refractivity contribution in [3.8, 4) is 11.3 Å². The minimum Gasteiger partial charge on any atom is -0.337 e. The van der Waals surface area contributed by atoms with Crippen LogP contribution in [0.15, 0.2) is 58.2 Å². The maximum Gasteiger partial charge on any atom is 0.253 e. The van der Waals surface area contributed by atoms with Crippen LogP contribution < -0.4 is 10.3 Å². The zero-order valence-corrected chi connectivity index (χ0v) is 24.6. The van der Waals surface area contributed by atoms with Gasteiger partial charge in [-0.3, -0.25) is 24.2 Å². The van der Waals surface area contributed by atoms with Crippen molar-refractivity contribution in [2.45, 2.75) is 64.3 Å². The first-order chi connectivity index (χ1) is 19.1. The van der Waals surface area contributed by atoms with E-state index in [4.69, 9.17) is 0 Å². The van der Waals surface area contributed by atoms with Crippen molar-refractivity contribution in [1.29, 1.82) is 0 Å². The number of aromatic amines is 1. The molecule has 1 aromatic heterocycles. The number of aromatic nitrogens is 2.